The summed E-state index contributed by atoms with van der Waals surface area (Å²) >= 11 is 6.41. The predicted molar refractivity (Wildman–Crippen MR) is 110 cm³/mol. The molecule has 0 atom stereocenters. The van der Waals surface area contributed by atoms with Gasteiger partial charge in [0, 0.05) is 18.7 Å². The topological polar surface area (TPSA) is 62.8 Å². The molecule has 0 aliphatic carbocycles. The molecule has 0 amide bonds. The fourth-order valence-corrected chi connectivity index (χ4v) is 2.95. The molecular formula is C21H28ClFN2O3. The molecule has 0 aliphatic rings. The zero-order valence-electron chi connectivity index (χ0n) is 16.1. The minimum absolute atomic E-state index is 0.0743. The van der Waals surface area contributed by atoms with Crippen LogP contribution in [0.4, 0.5) is 4.39 Å². The lowest BCUT2D eigenvalue weighted by Gasteiger charge is -2.16. The van der Waals surface area contributed by atoms with E-state index in [0.29, 0.717) is 41.8 Å². The van der Waals surface area contributed by atoms with Crippen molar-refractivity contribution in [3.05, 3.63) is 58.4 Å². The molecule has 0 spiro atoms. The molecular weight excluding hydrogens is 383 g/mol. The average Bonchev–Trinajstić information content (AvgIpc) is 2.68. The molecule has 0 saturated heterocycles. The minimum Gasteiger partial charge on any atom is -0.490 e. The third-order valence-corrected chi connectivity index (χ3v) is 4.30. The molecule has 0 aliphatic heterocycles. The quantitative estimate of drug-likeness (QED) is 0.441. The Kier molecular flexibility index (Phi) is 10.1. The highest BCUT2D eigenvalue weighted by Gasteiger charge is 2.14. The molecule has 3 N–H and O–H groups in total. The Bertz CT molecular complexity index is 731. The number of hydrogen-bond acceptors (Lipinski definition) is 5. The average molecular weight is 411 g/mol. The van der Waals surface area contributed by atoms with Crippen molar-refractivity contribution in [3.8, 4) is 11.5 Å². The van der Waals surface area contributed by atoms with E-state index < -0.39 is 0 Å². The normalized spacial score (nSPS) is 10.9. The SMILES string of the molecule is CCOc1cc(CNCCCNCCO)cc(Cl)c1OCc1ccccc1F. The van der Waals surface area contributed by atoms with Crippen molar-refractivity contribution in [2.45, 2.75) is 26.5 Å². The van der Waals surface area contributed by atoms with Crippen molar-refractivity contribution in [2.75, 3.05) is 32.8 Å². The molecule has 0 heterocycles. The third kappa shape index (κ3) is 7.28. The second-order valence-corrected chi connectivity index (χ2v) is 6.63. The number of ether oxygens (including phenoxy) is 2. The van der Waals surface area contributed by atoms with Crippen molar-refractivity contribution >= 4 is 11.6 Å². The zero-order chi connectivity index (χ0) is 20.2. The van der Waals surface area contributed by atoms with E-state index in [2.05, 4.69) is 10.6 Å². The van der Waals surface area contributed by atoms with Crippen LogP contribution in [0.5, 0.6) is 11.5 Å². The van der Waals surface area contributed by atoms with Gasteiger partial charge in [-0.2, -0.15) is 0 Å². The van der Waals surface area contributed by atoms with E-state index >= 15 is 0 Å². The van der Waals surface area contributed by atoms with E-state index in [4.69, 9.17) is 26.2 Å². The van der Waals surface area contributed by atoms with Crippen LogP contribution in [0.25, 0.3) is 0 Å². The summed E-state index contributed by atoms with van der Waals surface area (Å²) in [4.78, 5) is 0. The molecule has 0 unspecified atom stereocenters. The first kappa shape index (κ1) is 22.4. The monoisotopic (exact) mass is 410 g/mol. The van der Waals surface area contributed by atoms with Gasteiger partial charge in [-0.25, -0.2) is 4.39 Å². The Balaban J connectivity index is 1.95. The number of aliphatic hydroxyl groups excluding tert-OH is 1. The Morgan fingerprint density at radius 3 is 2.61 bits per heavy atom. The summed E-state index contributed by atoms with van der Waals surface area (Å²) in [5.41, 5.74) is 1.44. The van der Waals surface area contributed by atoms with E-state index in [1.165, 1.54) is 6.07 Å². The second kappa shape index (κ2) is 12.6. The number of halogens is 2. The van der Waals surface area contributed by atoms with Gasteiger partial charge in [-0.05, 0) is 50.2 Å². The van der Waals surface area contributed by atoms with E-state index in [1.54, 1.807) is 18.2 Å². The maximum absolute atomic E-state index is 13.8. The molecule has 0 fully saturated rings. The van der Waals surface area contributed by atoms with Gasteiger partial charge in [0.25, 0.3) is 0 Å². The molecule has 2 aromatic rings. The molecule has 0 radical (unpaired) electrons. The summed E-state index contributed by atoms with van der Waals surface area (Å²) in [5.74, 6) is 0.655. The summed E-state index contributed by atoms with van der Waals surface area (Å²) in [6.45, 7) is 5.53. The van der Waals surface area contributed by atoms with Gasteiger partial charge in [-0.15, -0.1) is 0 Å². The molecule has 0 aromatic heterocycles. The summed E-state index contributed by atoms with van der Waals surface area (Å²) in [5, 5.41) is 15.6. The summed E-state index contributed by atoms with van der Waals surface area (Å²) in [7, 11) is 0. The van der Waals surface area contributed by atoms with Crippen LogP contribution >= 0.6 is 11.6 Å². The highest BCUT2D eigenvalue weighted by atomic mass is 35.5. The summed E-state index contributed by atoms with van der Waals surface area (Å²) < 4.78 is 25.3. The van der Waals surface area contributed by atoms with E-state index in [9.17, 15) is 4.39 Å². The van der Waals surface area contributed by atoms with Crippen LogP contribution in [0.2, 0.25) is 5.02 Å². The van der Waals surface area contributed by atoms with Gasteiger partial charge < -0.3 is 25.2 Å². The Morgan fingerprint density at radius 2 is 1.86 bits per heavy atom. The number of rotatable bonds is 13. The fourth-order valence-electron chi connectivity index (χ4n) is 2.67. The molecule has 154 valence electrons. The smallest absolute Gasteiger partial charge is 0.180 e. The number of aliphatic hydroxyl groups is 1. The van der Waals surface area contributed by atoms with E-state index in [0.717, 1.165) is 25.1 Å². The molecule has 0 saturated carbocycles. The number of benzene rings is 2. The highest BCUT2D eigenvalue weighted by Crippen LogP contribution is 2.37. The maximum Gasteiger partial charge on any atom is 0.180 e. The van der Waals surface area contributed by atoms with Gasteiger partial charge in [0.2, 0.25) is 0 Å². The minimum atomic E-state index is -0.314. The van der Waals surface area contributed by atoms with Gasteiger partial charge in [0.05, 0.1) is 18.2 Å². The van der Waals surface area contributed by atoms with Gasteiger partial charge in [0.15, 0.2) is 11.5 Å². The van der Waals surface area contributed by atoms with Crippen LogP contribution in [-0.2, 0) is 13.2 Å². The number of nitrogens with one attached hydrogen (secondary N) is 2. The standard InChI is InChI=1S/C21H28ClFN2O3/c1-2-27-20-13-16(14-25-9-5-8-24-10-11-26)12-18(22)21(20)28-15-17-6-3-4-7-19(17)23/h3-4,6-7,12-13,24-26H,2,5,8-11,14-15H2,1H3. The van der Waals surface area contributed by atoms with Crippen molar-refractivity contribution in [2.24, 2.45) is 0 Å². The van der Waals surface area contributed by atoms with Crippen LogP contribution in [-0.4, -0.2) is 38.0 Å². The molecule has 0 bridgehead atoms. The van der Waals surface area contributed by atoms with Crippen LogP contribution in [0.3, 0.4) is 0 Å². The third-order valence-electron chi connectivity index (χ3n) is 4.02. The molecule has 5 nitrogen and oxygen atoms in total. The molecule has 7 heteroatoms. The lowest BCUT2D eigenvalue weighted by molar-refractivity contribution is 0.266. The van der Waals surface area contributed by atoms with Crippen molar-refractivity contribution in [1.82, 2.24) is 10.6 Å². The van der Waals surface area contributed by atoms with Gasteiger partial charge >= 0.3 is 0 Å². The second-order valence-electron chi connectivity index (χ2n) is 6.22. The van der Waals surface area contributed by atoms with E-state index in [1.807, 2.05) is 19.1 Å². The van der Waals surface area contributed by atoms with Crippen LogP contribution in [0.15, 0.2) is 36.4 Å². The van der Waals surface area contributed by atoms with Gasteiger partial charge in [-0.1, -0.05) is 29.8 Å². The Hall–Kier alpha value is -1.86. The first-order valence-electron chi connectivity index (χ1n) is 9.49. The lowest BCUT2D eigenvalue weighted by Crippen LogP contribution is -2.23. The van der Waals surface area contributed by atoms with Gasteiger partial charge in [0.1, 0.15) is 12.4 Å². The first-order valence-corrected chi connectivity index (χ1v) is 9.87. The zero-order valence-corrected chi connectivity index (χ0v) is 16.9. The van der Waals surface area contributed by atoms with Gasteiger partial charge in [-0.3, -0.25) is 0 Å². The van der Waals surface area contributed by atoms with Crippen molar-refractivity contribution < 1.29 is 19.0 Å². The lowest BCUT2D eigenvalue weighted by atomic mass is 10.2. The maximum atomic E-state index is 13.8. The Morgan fingerprint density at radius 1 is 1.07 bits per heavy atom. The summed E-state index contributed by atoms with van der Waals surface area (Å²) in [6.07, 6.45) is 0.954. The van der Waals surface area contributed by atoms with Crippen LogP contribution < -0.4 is 20.1 Å². The van der Waals surface area contributed by atoms with Crippen LogP contribution in [0.1, 0.15) is 24.5 Å². The number of hydrogen-bond donors (Lipinski definition) is 3. The largest absolute Gasteiger partial charge is 0.490 e. The van der Waals surface area contributed by atoms with E-state index in [-0.39, 0.29) is 19.0 Å². The van der Waals surface area contributed by atoms with Crippen molar-refractivity contribution in [1.29, 1.82) is 0 Å². The molecule has 2 aromatic carbocycles. The molecule has 28 heavy (non-hydrogen) atoms. The predicted octanol–water partition coefficient (Wildman–Crippen LogP) is 3.52. The first-order chi connectivity index (χ1) is 13.7. The summed E-state index contributed by atoms with van der Waals surface area (Å²) in [6, 6.07) is 10.2. The van der Waals surface area contributed by atoms with Crippen molar-refractivity contribution in [3.63, 3.8) is 0 Å². The fraction of sp³-hybridized carbons (Fsp3) is 0.429. The van der Waals surface area contributed by atoms with Crippen LogP contribution in [0, 0.1) is 5.82 Å². The molecule has 2 rings (SSSR count). The Labute approximate surface area is 170 Å². The highest BCUT2D eigenvalue weighted by molar-refractivity contribution is 6.32.